The maximum absolute atomic E-state index is 3.76. The molecule has 1 N–H and O–H groups in total. The molecule has 0 fully saturated rings. The van der Waals surface area contributed by atoms with Gasteiger partial charge in [-0.3, -0.25) is 0 Å². The fraction of sp³-hybridized carbons (Fsp3) is 0.857. The van der Waals surface area contributed by atoms with Crippen molar-refractivity contribution >= 4 is 0 Å². The highest BCUT2D eigenvalue weighted by atomic mass is 14.9. The smallest absolute Gasteiger partial charge is 0.00965 e. The zero-order valence-electron chi connectivity index (χ0n) is 11.3. The summed E-state index contributed by atoms with van der Waals surface area (Å²) in [4.78, 5) is 0. The normalized spacial score (nSPS) is 12.9. The topological polar surface area (TPSA) is 12.0 Å². The Morgan fingerprint density at radius 1 is 1.07 bits per heavy atom. The second-order valence-electron chi connectivity index (χ2n) is 6.27. The van der Waals surface area contributed by atoms with Crippen LogP contribution in [0, 0.1) is 5.41 Å². The summed E-state index contributed by atoms with van der Waals surface area (Å²) < 4.78 is 0. The average molecular weight is 211 g/mol. The molecule has 0 spiro atoms. The summed E-state index contributed by atoms with van der Waals surface area (Å²) in [6.07, 6.45) is 6.98. The summed E-state index contributed by atoms with van der Waals surface area (Å²) >= 11 is 0. The van der Waals surface area contributed by atoms with Crippen LogP contribution in [0.5, 0.6) is 0 Å². The van der Waals surface area contributed by atoms with Crippen molar-refractivity contribution < 1.29 is 0 Å². The van der Waals surface area contributed by atoms with Gasteiger partial charge in [-0.15, -0.1) is 6.58 Å². The molecule has 0 aromatic rings. The number of hydrogen-bond donors (Lipinski definition) is 1. The van der Waals surface area contributed by atoms with Crippen LogP contribution in [0.4, 0.5) is 0 Å². The molecule has 0 heterocycles. The number of hydrogen-bond acceptors (Lipinski definition) is 1. The average Bonchev–Trinajstić information content (AvgIpc) is 2.01. The van der Waals surface area contributed by atoms with E-state index in [9.17, 15) is 0 Å². The first-order valence-corrected chi connectivity index (χ1v) is 6.13. The zero-order valence-corrected chi connectivity index (χ0v) is 11.3. The third-order valence-electron chi connectivity index (χ3n) is 2.72. The second kappa shape index (κ2) is 6.32. The minimum absolute atomic E-state index is 0.247. The summed E-state index contributed by atoms with van der Waals surface area (Å²) in [5, 5.41) is 3.55. The van der Waals surface area contributed by atoms with E-state index in [2.05, 4.69) is 46.5 Å². The number of allylic oxidation sites excluding steroid dienone is 1. The van der Waals surface area contributed by atoms with Crippen molar-refractivity contribution in [3.8, 4) is 0 Å². The van der Waals surface area contributed by atoms with Crippen LogP contribution in [0.25, 0.3) is 0 Å². The SMILES string of the molecule is C=CCCCC(C)(C)CCNC(C)(C)C. The Hall–Kier alpha value is -0.300. The fourth-order valence-electron chi connectivity index (χ4n) is 1.63. The van der Waals surface area contributed by atoms with Crippen LogP contribution in [0.3, 0.4) is 0 Å². The van der Waals surface area contributed by atoms with Crippen molar-refractivity contribution in [2.75, 3.05) is 6.54 Å². The van der Waals surface area contributed by atoms with Crippen LogP contribution >= 0.6 is 0 Å². The molecule has 0 saturated heterocycles. The van der Waals surface area contributed by atoms with Crippen molar-refractivity contribution in [3.05, 3.63) is 12.7 Å². The lowest BCUT2D eigenvalue weighted by Crippen LogP contribution is -2.37. The first-order valence-electron chi connectivity index (χ1n) is 6.13. The molecule has 0 aliphatic heterocycles. The Morgan fingerprint density at radius 2 is 1.67 bits per heavy atom. The minimum Gasteiger partial charge on any atom is -0.312 e. The molecule has 1 nitrogen and oxygen atoms in total. The molecule has 0 atom stereocenters. The van der Waals surface area contributed by atoms with Crippen LogP contribution in [-0.4, -0.2) is 12.1 Å². The highest BCUT2D eigenvalue weighted by Gasteiger charge is 2.18. The lowest BCUT2D eigenvalue weighted by Gasteiger charge is -2.27. The number of nitrogens with one attached hydrogen (secondary N) is 1. The Kier molecular flexibility index (Phi) is 6.19. The monoisotopic (exact) mass is 211 g/mol. The molecule has 0 aliphatic rings. The summed E-state index contributed by atoms with van der Waals surface area (Å²) in [6.45, 7) is 16.3. The van der Waals surface area contributed by atoms with Gasteiger partial charge in [-0.2, -0.15) is 0 Å². The van der Waals surface area contributed by atoms with E-state index in [4.69, 9.17) is 0 Å². The van der Waals surface area contributed by atoms with Crippen LogP contribution in [0.15, 0.2) is 12.7 Å². The Balaban J connectivity index is 3.68. The van der Waals surface area contributed by atoms with E-state index in [-0.39, 0.29) is 5.54 Å². The van der Waals surface area contributed by atoms with Gasteiger partial charge in [0.1, 0.15) is 0 Å². The standard InChI is InChI=1S/C14H29N/c1-7-8-9-10-14(5,6)11-12-15-13(2,3)4/h7,15H,1,8-12H2,2-6H3. The van der Waals surface area contributed by atoms with Gasteiger partial charge in [-0.1, -0.05) is 19.9 Å². The molecule has 0 amide bonds. The van der Waals surface area contributed by atoms with Crippen molar-refractivity contribution in [1.29, 1.82) is 0 Å². The van der Waals surface area contributed by atoms with Crippen molar-refractivity contribution in [2.24, 2.45) is 5.41 Å². The molecule has 1 heteroatoms. The molecule has 0 rings (SSSR count). The van der Waals surface area contributed by atoms with Crippen molar-refractivity contribution in [2.45, 2.75) is 65.8 Å². The number of rotatable bonds is 7. The highest BCUT2D eigenvalue weighted by molar-refractivity contribution is 4.76. The predicted molar refractivity (Wildman–Crippen MR) is 70.2 cm³/mol. The van der Waals surface area contributed by atoms with Crippen LogP contribution in [0.2, 0.25) is 0 Å². The van der Waals surface area contributed by atoms with E-state index in [1.165, 1.54) is 19.3 Å². The molecule has 0 aromatic carbocycles. The van der Waals surface area contributed by atoms with Crippen LogP contribution in [0.1, 0.15) is 60.3 Å². The fourth-order valence-corrected chi connectivity index (χ4v) is 1.63. The number of unbranched alkanes of at least 4 members (excludes halogenated alkanes) is 1. The Labute approximate surface area is 96.3 Å². The van der Waals surface area contributed by atoms with Crippen LogP contribution < -0.4 is 5.32 Å². The van der Waals surface area contributed by atoms with Crippen molar-refractivity contribution in [1.82, 2.24) is 5.32 Å². The minimum atomic E-state index is 0.247. The van der Waals surface area contributed by atoms with Crippen LogP contribution in [-0.2, 0) is 0 Å². The molecular weight excluding hydrogens is 182 g/mol. The molecule has 0 aliphatic carbocycles. The van der Waals surface area contributed by atoms with E-state index in [0.717, 1.165) is 13.0 Å². The second-order valence-corrected chi connectivity index (χ2v) is 6.27. The molecule has 15 heavy (non-hydrogen) atoms. The molecule has 90 valence electrons. The van der Waals surface area contributed by atoms with Gasteiger partial charge >= 0.3 is 0 Å². The maximum atomic E-state index is 3.76. The van der Waals surface area contributed by atoms with Crippen molar-refractivity contribution in [3.63, 3.8) is 0 Å². The molecule has 0 aromatic heterocycles. The summed E-state index contributed by atoms with van der Waals surface area (Å²) in [7, 11) is 0. The zero-order chi connectivity index (χ0) is 11.9. The summed E-state index contributed by atoms with van der Waals surface area (Å²) in [6, 6.07) is 0. The van der Waals surface area contributed by atoms with Gasteiger partial charge in [0.15, 0.2) is 0 Å². The lowest BCUT2D eigenvalue weighted by molar-refractivity contribution is 0.278. The highest BCUT2D eigenvalue weighted by Crippen LogP contribution is 2.27. The van der Waals surface area contributed by atoms with E-state index in [1.807, 2.05) is 6.08 Å². The Bertz CT molecular complexity index is 174. The molecule has 0 unspecified atom stereocenters. The van der Waals surface area contributed by atoms with Gasteiger partial charge in [0.2, 0.25) is 0 Å². The van der Waals surface area contributed by atoms with E-state index in [0.29, 0.717) is 5.41 Å². The first-order chi connectivity index (χ1) is 6.77. The quantitative estimate of drug-likeness (QED) is 0.493. The largest absolute Gasteiger partial charge is 0.312 e. The summed E-state index contributed by atoms with van der Waals surface area (Å²) in [5.41, 5.74) is 0.707. The molecule has 0 saturated carbocycles. The van der Waals surface area contributed by atoms with E-state index < -0.39 is 0 Å². The van der Waals surface area contributed by atoms with E-state index >= 15 is 0 Å². The molecular formula is C14H29N. The molecule has 0 radical (unpaired) electrons. The van der Waals surface area contributed by atoms with Gasteiger partial charge in [-0.25, -0.2) is 0 Å². The van der Waals surface area contributed by atoms with Gasteiger partial charge in [0.25, 0.3) is 0 Å². The maximum Gasteiger partial charge on any atom is 0.00965 e. The summed E-state index contributed by atoms with van der Waals surface area (Å²) in [5.74, 6) is 0. The van der Waals surface area contributed by atoms with Gasteiger partial charge in [-0.05, 0) is 58.4 Å². The third-order valence-corrected chi connectivity index (χ3v) is 2.72. The predicted octanol–water partition coefficient (Wildman–Crippen LogP) is 4.15. The lowest BCUT2D eigenvalue weighted by atomic mass is 9.83. The van der Waals surface area contributed by atoms with Gasteiger partial charge < -0.3 is 5.32 Å². The first kappa shape index (κ1) is 14.7. The Morgan fingerprint density at radius 3 is 2.13 bits per heavy atom. The third kappa shape index (κ3) is 9.99. The van der Waals surface area contributed by atoms with Gasteiger partial charge in [0, 0.05) is 5.54 Å². The molecule has 0 bridgehead atoms. The van der Waals surface area contributed by atoms with E-state index in [1.54, 1.807) is 0 Å². The van der Waals surface area contributed by atoms with Gasteiger partial charge in [0.05, 0.1) is 0 Å².